The fourth-order valence-electron chi connectivity index (χ4n) is 4.94. The molecule has 0 radical (unpaired) electrons. The van der Waals surface area contributed by atoms with Gasteiger partial charge in [0.2, 0.25) is 0 Å². The molecule has 3 heterocycles. The molecule has 2 aliphatic rings. The van der Waals surface area contributed by atoms with Crippen LogP contribution in [0.1, 0.15) is 36.8 Å². The van der Waals surface area contributed by atoms with E-state index >= 15 is 0 Å². The maximum Gasteiger partial charge on any atom is 0.264 e. The quantitative estimate of drug-likeness (QED) is 0.491. The van der Waals surface area contributed by atoms with E-state index in [1.165, 1.54) is 11.3 Å². The predicted molar refractivity (Wildman–Crippen MR) is 153 cm³/mol. The fourth-order valence-corrected chi connectivity index (χ4v) is 5.63. The van der Waals surface area contributed by atoms with Crippen LogP contribution in [0.15, 0.2) is 60.0 Å². The van der Waals surface area contributed by atoms with Crippen LogP contribution in [0.5, 0.6) is 5.75 Å². The van der Waals surface area contributed by atoms with Crippen LogP contribution in [0.3, 0.4) is 0 Å². The molecule has 2 aliphatic heterocycles. The molecule has 2 aromatic carbocycles. The maximum absolute atomic E-state index is 13.4. The minimum Gasteiger partial charge on any atom is -0.497 e. The van der Waals surface area contributed by atoms with Gasteiger partial charge in [-0.1, -0.05) is 12.1 Å². The molecule has 204 valence electrons. The van der Waals surface area contributed by atoms with Crippen molar-refractivity contribution in [3.63, 3.8) is 0 Å². The van der Waals surface area contributed by atoms with Gasteiger partial charge in [-0.3, -0.25) is 14.4 Å². The number of ether oxygens (including phenoxy) is 1. The molecule has 3 amide bonds. The number of hydrogen-bond donors (Lipinski definition) is 2. The zero-order chi connectivity index (χ0) is 27.2. The van der Waals surface area contributed by atoms with Crippen LogP contribution in [0, 0.1) is 0 Å². The second-order valence-corrected chi connectivity index (χ2v) is 10.5. The zero-order valence-electron chi connectivity index (χ0n) is 22.0. The van der Waals surface area contributed by atoms with Crippen molar-refractivity contribution in [2.24, 2.45) is 0 Å². The Morgan fingerprint density at radius 3 is 2.44 bits per heavy atom. The number of thiophene rings is 1. The molecule has 2 fully saturated rings. The average molecular weight is 548 g/mol. The largest absolute Gasteiger partial charge is 0.497 e. The summed E-state index contributed by atoms with van der Waals surface area (Å²) in [5.41, 5.74) is 2.39. The molecule has 39 heavy (non-hydrogen) atoms. The number of carbonyl (C=O) groups excluding carboxylic acids is 3. The van der Waals surface area contributed by atoms with Gasteiger partial charge in [0.25, 0.3) is 17.7 Å². The van der Waals surface area contributed by atoms with Crippen LogP contribution < -0.4 is 20.3 Å². The third-order valence-electron chi connectivity index (χ3n) is 7.09. The first-order chi connectivity index (χ1) is 19.0. The Morgan fingerprint density at radius 1 is 0.846 bits per heavy atom. The lowest BCUT2D eigenvalue weighted by molar-refractivity contribution is 0.0748. The molecule has 0 aliphatic carbocycles. The zero-order valence-corrected chi connectivity index (χ0v) is 22.8. The summed E-state index contributed by atoms with van der Waals surface area (Å²) in [6, 6.07) is 16.2. The minimum atomic E-state index is -0.287. The summed E-state index contributed by atoms with van der Waals surface area (Å²) in [6.07, 6.45) is 0.901. The van der Waals surface area contributed by atoms with Crippen molar-refractivity contribution in [3.05, 3.63) is 76.0 Å². The van der Waals surface area contributed by atoms with E-state index in [-0.39, 0.29) is 17.7 Å². The lowest BCUT2D eigenvalue weighted by Gasteiger charge is -2.37. The van der Waals surface area contributed by atoms with Crippen LogP contribution in [0.2, 0.25) is 0 Å². The molecule has 1 aromatic heterocycles. The number of nitrogens with one attached hydrogen (secondary N) is 2. The third kappa shape index (κ3) is 6.23. The Hall–Kier alpha value is -3.89. The number of amides is 3. The standard InChI is InChI=1S/C29H33N5O4S/c1-38-23-6-2-5-21(19-23)27(35)31-24-20-22(28(36)33-12-4-10-30-11-13-33)8-9-25(24)32-14-16-34(17-15-32)29(37)26-7-3-18-39-26/h2-3,5-9,18-20,30H,4,10-17H2,1H3,(H,31,35). The highest BCUT2D eigenvalue weighted by atomic mass is 32.1. The number of anilines is 2. The van der Waals surface area contributed by atoms with Gasteiger partial charge in [-0.15, -0.1) is 11.3 Å². The van der Waals surface area contributed by atoms with E-state index in [1.54, 1.807) is 37.4 Å². The number of rotatable bonds is 6. The topological polar surface area (TPSA) is 94.2 Å². The van der Waals surface area contributed by atoms with E-state index in [1.807, 2.05) is 39.4 Å². The van der Waals surface area contributed by atoms with Gasteiger partial charge in [-0.05, 0) is 60.8 Å². The third-order valence-corrected chi connectivity index (χ3v) is 7.95. The van der Waals surface area contributed by atoms with Crippen LogP contribution in [0.4, 0.5) is 11.4 Å². The molecule has 2 N–H and O–H groups in total. The van der Waals surface area contributed by atoms with Crippen molar-refractivity contribution in [2.75, 3.05) is 69.7 Å². The summed E-state index contributed by atoms with van der Waals surface area (Å²) in [5.74, 6) is 0.302. The normalized spacial score (nSPS) is 16.0. The Kier molecular flexibility index (Phi) is 8.43. The number of carbonyl (C=O) groups is 3. The number of hydrogen-bond acceptors (Lipinski definition) is 7. The number of nitrogens with zero attached hydrogens (tertiary/aromatic N) is 3. The highest BCUT2D eigenvalue weighted by Gasteiger charge is 2.26. The monoisotopic (exact) mass is 547 g/mol. The van der Waals surface area contributed by atoms with Crippen molar-refractivity contribution in [1.82, 2.24) is 15.1 Å². The van der Waals surface area contributed by atoms with Gasteiger partial charge in [-0.25, -0.2) is 0 Å². The van der Waals surface area contributed by atoms with E-state index in [0.29, 0.717) is 61.8 Å². The molecule has 10 heteroatoms. The molecule has 0 unspecified atom stereocenters. The van der Waals surface area contributed by atoms with Gasteiger partial charge in [0, 0.05) is 56.9 Å². The second-order valence-electron chi connectivity index (χ2n) is 9.57. The lowest BCUT2D eigenvalue weighted by Crippen LogP contribution is -2.48. The summed E-state index contributed by atoms with van der Waals surface area (Å²) >= 11 is 1.45. The molecular formula is C29H33N5O4S. The second kappa shape index (κ2) is 12.3. The molecule has 3 aromatic rings. The minimum absolute atomic E-state index is 0.0454. The van der Waals surface area contributed by atoms with E-state index in [0.717, 1.165) is 30.1 Å². The summed E-state index contributed by atoms with van der Waals surface area (Å²) in [7, 11) is 1.56. The molecule has 0 atom stereocenters. The van der Waals surface area contributed by atoms with Crippen LogP contribution in [-0.4, -0.2) is 87.0 Å². The Morgan fingerprint density at radius 2 is 1.67 bits per heavy atom. The van der Waals surface area contributed by atoms with Crippen LogP contribution >= 0.6 is 11.3 Å². The van der Waals surface area contributed by atoms with E-state index < -0.39 is 0 Å². The Balaban J connectivity index is 1.38. The lowest BCUT2D eigenvalue weighted by atomic mass is 10.1. The Labute approximate surface area is 232 Å². The predicted octanol–water partition coefficient (Wildman–Crippen LogP) is 3.41. The summed E-state index contributed by atoms with van der Waals surface area (Å²) in [4.78, 5) is 46.1. The van der Waals surface area contributed by atoms with Crippen molar-refractivity contribution in [1.29, 1.82) is 0 Å². The summed E-state index contributed by atoms with van der Waals surface area (Å²) in [5, 5.41) is 8.28. The fraction of sp³-hybridized carbons (Fsp3) is 0.345. The summed E-state index contributed by atoms with van der Waals surface area (Å²) < 4.78 is 5.28. The molecule has 0 saturated carbocycles. The molecule has 2 saturated heterocycles. The van der Waals surface area contributed by atoms with Gasteiger partial charge in [0.15, 0.2) is 0 Å². The van der Waals surface area contributed by atoms with E-state index in [2.05, 4.69) is 15.5 Å². The van der Waals surface area contributed by atoms with Gasteiger partial charge in [0.1, 0.15) is 5.75 Å². The molecular weight excluding hydrogens is 514 g/mol. The molecule has 5 rings (SSSR count). The number of methoxy groups -OCH3 is 1. The van der Waals surface area contributed by atoms with Crippen molar-refractivity contribution in [3.8, 4) is 5.75 Å². The van der Waals surface area contributed by atoms with Crippen LogP contribution in [0.25, 0.3) is 0 Å². The van der Waals surface area contributed by atoms with Crippen molar-refractivity contribution >= 4 is 40.4 Å². The SMILES string of the molecule is COc1cccc(C(=O)Nc2cc(C(=O)N3CCCNCC3)ccc2N2CCN(C(=O)c3cccs3)CC2)c1. The van der Waals surface area contributed by atoms with Gasteiger partial charge in [-0.2, -0.15) is 0 Å². The number of piperazine rings is 1. The summed E-state index contributed by atoms with van der Waals surface area (Å²) in [6.45, 7) is 5.37. The van der Waals surface area contributed by atoms with Gasteiger partial charge >= 0.3 is 0 Å². The Bertz CT molecular complexity index is 1310. The highest BCUT2D eigenvalue weighted by Crippen LogP contribution is 2.30. The molecule has 9 nitrogen and oxygen atoms in total. The van der Waals surface area contributed by atoms with E-state index in [4.69, 9.17) is 4.74 Å². The molecule has 0 spiro atoms. The highest BCUT2D eigenvalue weighted by molar-refractivity contribution is 7.12. The smallest absolute Gasteiger partial charge is 0.264 e. The van der Waals surface area contributed by atoms with Gasteiger partial charge in [0.05, 0.1) is 23.4 Å². The van der Waals surface area contributed by atoms with Crippen molar-refractivity contribution in [2.45, 2.75) is 6.42 Å². The maximum atomic E-state index is 13.4. The van der Waals surface area contributed by atoms with Gasteiger partial charge < -0.3 is 30.1 Å². The first-order valence-corrected chi connectivity index (χ1v) is 14.1. The van der Waals surface area contributed by atoms with E-state index in [9.17, 15) is 14.4 Å². The first-order valence-electron chi connectivity index (χ1n) is 13.2. The molecule has 0 bridgehead atoms. The average Bonchev–Trinajstić information content (AvgIpc) is 3.39. The number of benzene rings is 2. The van der Waals surface area contributed by atoms with Crippen molar-refractivity contribution < 1.29 is 19.1 Å². The van der Waals surface area contributed by atoms with Crippen LogP contribution in [-0.2, 0) is 0 Å². The first kappa shape index (κ1) is 26.7.